The molecule has 0 aromatic heterocycles. The van der Waals surface area contributed by atoms with Crippen LogP contribution in [-0.4, -0.2) is 22.2 Å². The average molecular weight is 349 g/mol. The Kier molecular flexibility index (Phi) is 4.89. The summed E-state index contributed by atoms with van der Waals surface area (Å²) < 4.78 is 0. The number of non-ortho nitro benzene ring substituents is 1. The Hall–Kier alpha value is -3.74. The van der Waals surface area contributed by atoms with Gasteiger partial charge in [-0.25, -0.2) is 5.43 Å². The van der Waals surface area contributed by atoms with Crippen LogP contribution in [-0.2, 0) is 11.2 Å². The van der Waals surface area contributed by atoms with Crippen molar-refractivity contribution in [3.8, 4) is 5.75 Å². The zero-order valence-electron chi connectivity index (χ0n) is 13.6. The number of rotatable bonds is 5. The second-order valence-electron chi connectivity index (χ2n) is 5.62. The van der Waals surface area contributed by atoms with Crippen LogP contribution in [0.15, 0.2) is 65.8 Å². The first-order valence-electron chi connectivity index (χ1n) is 7.80. The molecule has 0 spiro atoms. The van der Waals surface area contributed by atoms with Crippen molar-refractivity contribution in [2.75, 3.05) is 0 Å². The van der Waals surface area contributed by atoms with Crippen molar-refractivity contribution in [3.63, 3.8) is 0 Å². The number of nitro groups is 1. The van der Waals surface area contributed by atoms with E-state index < -0.39 is 4.92 Å². The van der Waals surface area contributed by atoms with Gasteiger partial charge in [-0.2, -0.15) is 5.10 Å². The van der Waals surface area contributed by atoms with Crippen LogP contribution < -0.4 is 5.43 Å². The summed E-state index contributed by atoms with van der Waals surface area (Å²) >= 11 is 0. The molecule has 0 fully saturated rings. The smallest absolute Gasteiger partial charge is 0.269 e. The van der Waals surface area contributed by atoms with Crippen molar-refractivity contribution in [1.29, 1.82) is 0 Å². The third kappa shape index (κ3) is 3.84. The summed E-state index contributed by atoms with van der Waals surface area (Å²) in [6.07, 6.45) is 1.41. The molecular weight excluding hydrogens is 334 g/mol. The lowest BCUT2D eigenvalue weighted by Crippen LogP contribution is -2.19. The normalized spacial score (nSPS) is 10.9. The molecule has 7 heteroatoms. The first kappa shape index (κ1) is 17.1. The van der Waals surface area contributed by atoms with E-state index in [0.29, 0.717) is 16.5 Å². The van der Waals surface area contributed by atoms with Gasteiger partial charge < -0.3 is 5.11 Å². The number of nitrogens with zero attached hydrogens (tertiary/aromatic N) is 2. The Balaban J connectivity index is 1.64. The molecule has 1 amide bonds. The number of nitro benzene ring substituents is 1. The van der Waals surface area contributed by atoms with Crippen LogP contribution in [0.25, 0.3) is 10.8 Å². The number of fused-ring (bicyclic) bond motifs is 1. The maximum atomic E-state index is 11.9. The fraction of sp³-hybridized carbons (Fsp3) is 0.0526. The summed E-state index contributed by atoms with van der Waals surface area (Å²) in [5.41, 5.74) is 3.47. The average Bonchev–Trinajstić information content (AvgIpc) is 2.64. The number of hydrogen-bond acceptors (Lipinski definition) is 5. The van der Waals surface area contributed by atoms with E-state index in [9.17, 15) is 20.0 Å². The van der Waals surface area contributed by atoms with Crippen molar-refractivity contribution >= 4 is 28.6 Å². The topological polar surface area (TPSA) is 105 Å². The van der Waals surface area contributed by atoms with Gasteiger partial charge in [-0.05, 0) is 17.0 Å². The summed E-state index contributed by atoms with van der Waals surface area (Å²) in [5.74, 6) is -0.271. The summed E-state index contributed by atoms with van der Waals surface area (Å²) in [7, 11) is 0. The maximum Gasteiger partial charge on any atom is 0.269 e. The van der Waals surface area contributed by atoms with Crippen LogP contribution in [0.4, 0.5) is 5.69 Å². The number of carbonyl (C=O) groups is 1. The lowest BCUT2D eigenvalue weighted by molar-refractivity contribution is -0.384. The molecule has 0 saturated heterocycles. The SMILES string of the molecule is O=C(Cc1ccc([N+](=O)[O-])cc1)N/N=C/c1ccc2ccccc2c1O. The van der Waals surface area contributed by atoms with Crippen LogP contribution in [0.3, 0.4) is 0 Å². The number of benzene rings is 3. The number of phenols is 1. The van der Waals surface area contributed by atoms with Gasteiger partial charge in [0.15, 0.2) is 0 Å². The van der Waals surface area contributed by atoms with Crippen molar-refractivity contribution in [1.82, 2.24) is 5.43 Å². The minimum atomic E-state index is -0.496. The van der Waals surface area contributed by atoms with Crippen LogP contribution in [0.1, 0.15) is 11.1 Å². The highest BCUT2D eigenvalue weighted by atomic mass is 16.6. The molecule has 3 aromatic carbocycles. The molecule has 0 unspecified atom stereocenters. The van der Waals surface area contributed by atoms with Gasteiger partial charge in [0, 0.05) is 23.1 Å². The van der Waals surface area contributed by atoms with E-state index in [2.05, 4.69) is 10.5 Å². The Morgan fingerprint density at radius 2 is 1.85 bits per heavy atom. The van der Waals surface area contributed by atoms with E-state index in [-0.39, 0.29) is 23.8 Å². The summed E-state index contributed by atoms with van der Waals surface area (Å²) in [4.78, 5) is 22.0. The summed E-state index contributed by atoms with van der Waals surface area (Å²) in [6, 6.07) is 16.7. The largest absolute Gasteiger partial charge is 0.507 e. The maximum absolute atomic E-state index is 11.9. The van der Waals surface area contributed by atoms with Crippen molar-refractivity contribution in [3.05, 3.63) is 81.9 Å². The van der Waals surface area contributed by atoms with Crippen LogP contribution in [0, 0.1) is 10.1 Å². The minimum Gasteiger partial charge on any atom is -0.507 e. The van der Waals surface area contributed by atoms with Crippen molar-refractivity contribution in [2.24, 2.45) is 5.10 Å². The van der Waals surface area contributed by atoms with E-state index in [1.165, 1.54) is 30.5 Å². The second-order valence-corrected chi connectivity index (χ2v) is 5.62. The van der Waals surface area contributed by atoms with Gasteiger partial charge in [0.2, 0.25) is 5.91 Å². The van der Waals surface area contributed by atoms with E-state index in [1.54, 1.807) is 12.1 Å². The first-order valence-corrected chi connectivity index (χ1v) is 7.80. The standard InChI is InChI=1S/C19H15N3O4/c23-18(11-13-5-9-16(10-6-13)22(25)26)21-20-12-15-8-7-14-3-1-2-4-17(14)19(15)24/h1-10,12,24H,11H2,(H,21,23)/b20-12+. The molecule has 130 valence electrons. The molecule has 3 rings (SSSR count). The molecule has 0 aliphatic heterocycles. The number of carbonyl (C=O) groups excluding carboxylic acids is 1. The summed E-state index contributed by atoms with van der Waals surface area (Å²) in [6.45, 7) is 0. The monoisotopic (exact) mass is 349 g/mol. The summed E-state index contributed by atoms with van der Waals surface area (Å²) in [5, 5.41) is 26.3. The zero-order chi connectivity index (χ0) is 18.5. The Bertz CT molecular complexity index is 997. The van der Waals surface area contributed by atoms with Gasteiger partial charge in [-0.15, -0.1) is 0 Å². The van der Waals surface area contributed by atoms with Gasteiger partial charge in [-0.3, -0.25) is 14.9 Å². The lowest BCUT2D eigenvalue weighted by atomic mass is 10.1. The molecule has 26 heavy (non-hydrogen) atoms. The Morgan fingerprint density at radius 3 is 2.58 bits per heavy atom. The number of hydrazone groups is 1. The number of aromatic hydroxyl groups is 1. The Morgan fingerprint density at radius 1 is 1.12 bits per heavy atom. The van der Waals surface area contributed by atoms with Crippen LogP contribution >= 0.6 is 0 Å². The number of hydrogen-bond donors (Lipinski definition) is 2. The number of amides is 1. The molecular formula is C19H15N3O4. The molecule has 3 aromatic rings. The number of nitrogens with one attached hydrogen (secondary N) is 1. The Labute approximate surface area is 148 Å². The molecule has 2 N–H and O–H groups in total. The highest BCUT2D eigenvalue weighted by molar-refractivity contribution is 5.97. The third-order valence-electron chi connectivity index (χ3n) is 3.84. The van der Waals surface area contributed by atoms with Gasteiger partial charge in [0.05, 0.1) is 17.6 Å². The molecule has 0 aliphatic rings. The fourth-order valence-corrected chi connectivity index (χ4v) is 2.51. The van der Waals surface area contributed by atoms with Gasteiger partial charge in [0.25, 0.3) is 5.69 Å². The highest BCUT2D eigenvalue weighted by Gasteiger charge is 2.07. The van der Waals surface area contributed by atoms with E-state index >= 15 is 0 Å². The van der Waals surface area contributed by atoms with Crippen molar-refractivity contribution in [2.45, 2.75) is 6.42 Å². The second kappa shape index (κ2) is 7.43. The zero-order valence-corrected chi connectivity index (χ0v) is 13.6. The third-order valence-corrected chi connectivity index (χ3v) is 3.84. The molecule has 0 atom stereocenters. The highest BCUT2D eigenvalue weighted by Crippen LogP contribution is 2.27. The van der Waals surface area contributed by atoms with E-state index in [0.717, 1.165) is 5.39 Å². The predicted molar refractivity (Wildman–Crippen MR) is 98.1 cm³/mol. The molecule has 0 saturated carbocycles. The molecule has 0 radical (unpaired) electrons. The van der Waals surface area contributed by atoms with Crippen LogP contribution in [0.5, 0.6) is 5.75 Å². The lowest BCUT2D eigenvalue weighted by Gasteiger charge is -2.04. The van der Waals surface area contributed by atoms with Gasteiger partial charge in [0.1, 0.15) is 5.75 Å². The fourth-order valence-electron chi connectivity index (χ4n) is 2.51. The first-order chi connectivity index (χ1) is 12.5. The van der Waals surface area contributed by atoms with Gasteiger partial charge >= 0.3 is 0 Å². The molecule has 0 heterocycles. The van der Waals surface area contributed by atoms with Crippen LogP contribution in [0.2, 0.25) is 0 Å². The van der Waals surface area contributed by atoms with E-state index in [4.69, 9.17) is 0 Å². The molecule has 0 aliphatic carbocycles. The number of phenolic OH excluding ortho intramolecular Hbond substituents is 1. The van der Waals surface area contributed by atoms with Crippen molar-refractivity contribution < 1.29 is 14.8 Å². The van der Waals surface area contributed by atoms with E-state index in [1.807, 2.05) is 24.3 Å². The quantitative estimate of drug-likeness (QED) is 0.419. The molecule has 0 bridgehead atoms. The van der Waals surface area contributed by atoms with Gasteiger partial charge in [-0.1, -0.05) is 42.5 Å². The predicted octanol–water partition coefficient (Wildman–Crippen LogP) is 3.15. The minimum absolute atomic E-state index is 0.0287. The molecule has 7 nitrogen and oxygen atoms in total.